The van der Waals surface area contributed by atoms with Crippen molar-refractivity contribution < 1.29 is 4.39 Å². The number of nitrogens with one attached hydrogen (secondary N) is 1. The molecule has 1 atom stereocenters. The lowest BCUT2D eigenvalue weighted by atomic mass is 10.1. The minimum Gasteiger partial charge on any atom is -0.394 e. The first kappa shape index (κ1) is 13.7. The number of halogens is 2. The van der Waals surface area contributed by atoms with Gasteiger partial charge in [-0.3, -0.25) is 9.59 Å². The maximum absolute atomic E-state index is 13.6. The summed E-state index contributed by atoms with van der Waals surface area (Å²) in [4.78, 5) is 22.2. The van der Waals surface area contributed by atoms with Crippen LogP contribution in [-0.4, -0.2) is 6.04 Å². The third-order valence-corrected chi connectivity index (χ3v) is 3.37. The van der Waals surface area contributed by atoms with Crippen LogP contribution in [0.25, 0.3) is 0 Å². The summed E-state index contributed by atoms with van der Waals surface area (Å²) >= 11 is 3.27. The lowest BCUT2D eigenvalue weighted by Gasteiger charge is -2.17. The number of rotatable bonds is 4. The molecule has 4 nitrogen and oxygen atoms in total. The van der Waals surface area contributed by atoms with Crippen LogP contribution in [-0.2, 0) is 6.42 Å². The Bertz CT molecular complexity index is 692. The van der Waals surface area contributed by atoms with E-state index in [2.05, 4.69) is 21.2 Å². The topological polar surface area (TPSA) is 72.2 Å². The Balaban J connectivity index is 2.10. The summed E-state index contributed by atoms with van der Waals surface area (Å²) < 4.78 is 14.4. The van der Waals surface area contributed by atoms with E-state index in [0.717, 1.165) is 4.47 Å². The fourth-order valence-corrected chi connectivity index (χ4v) is 2.29. The molecule has 3 N–H and O–H groups in total. The standard InChI is InChI=1S/C13H12BrFN2O2/c1-6(17-11-10(16)12(18)13(11)19)4-7-5-8(14)2-3-9(7)15/h2-3,5-6,17H,4,16H2,1H3. The molecule has 0 saturated carbocycles. The molecule has 0 aromatic heterocycles. The number of hydrogen-bond acceptors (Lipinski definition) is 4. The van der Waals surface area contributed by atoms with Crippen LogP contribution in [0.2, 0.25) is 0 Å². The van der Waals surface area contributed by atoms with Crippen LogP contribution >= 0.6 is 15.9 Å². The molecule has 0 radical (unpaired) electrons. The molecule has 0 heterocycles. The van der Waals surface area contributed by atoms with Gasteiger partial charge in [0.05, 0.1) is 0 Å². The SMILES string of the molecule is CC(Cc1cc(Br)ccc1F)Nc1c(N)c(=O)c1=O. The van der Waals surface area contributed by atoms with Gasteiger partial charge in [0.2, 0.25) is 0 Å². The first-order chi connectivity index (χ1) is 8.90. The zero-order chi connectivity index (χ0) is 14.2. The quantitative estimate of drug-likeness (QED) is 0.840. The monoisotopic (exact) mass is 326 g/mol. The first-order valence-electron chi connectivity index (χ1n) is 5.69. The summed E-state index contributed by atoms with van der Waals surface area (Å²) in [6, 6.07) is 4.46. The normalized spacial score (nSPS) is 12.6. The van der Waals surface area contributed by atoms with E-state index in [4.69, 9.17) is 5.73 Å². The van der Waals surface area contributed by atoms with Crippen molar-refractivity contribution in [2.75, 3.05) is 11.1 Å². The molecule has 100 valence electrons. The molecular weight excluding hydrogens is 315 g/mol. The second-order valence-electron chi connectivity index (χ2n) is 4.43. The van der Waals surface area contributed by atoms with E-state index in [9.17, 15) is 14.0 Å². The minimum absolute atomic E-state index is 0.0495. The highest BCUT2D eigenvalue weighted by atomic mass is 79.9. The Labute approximate surface area is 117 Å². The molecule has 0 saturated heterocycles. The van der Waals surface area contributed by atoms with Crippen LogP contribution in [0.4, 0.5) is 15.8 Å². The maximum atomic E-state index is 13.6. The highest BCUT2D eigenvalue weighted by molar-refractivity contribution is 9.10. The fourth-order valence-electron chi connectivity index (χ4n) is 1.88. The lowest BCUT2D eigenvalue weighted by molar-refractivity contribution is 0.601. The highest BCUT2D eigenvalue weighted by Crippen LogP contribution is 2.18. The van der Waals surface area contributed by atoms with Crippen LogP contribution in [0.1, 0.15) is 12.5 Å². The van der Waals surface area contributed by atoms with Gasteiger partial charge in [-0.1, -0.05) is 15.9 Å². The van der Waals surface area contributed by atoms with Crippen molar-refractivity contribution >= 4 is 27.3 Å². The molecule has 19 heavy (non-hydrogen) atoms. The van der Waals surface area contributed by atoms with Crippen molar-refractivity contribution in [3.05, 3.63) is 54.5 Å². The average molecular weight is 327 g/mol. The molecule has 1 unspecified atom stereocenters. The van der Waals surface area contributed by atoms with Crippen molar-refractivity contribution in [2.45, 2.75) is 19.4 Å². The molecule has 2 aromatic carbocycles. The Hall–Kier alpha value is -1.69. The second kappa shape index (κ2) is 5.13. The largest absolute Gasteiger partial charge is 0.394 e. The zero-order valence-corrected chi connectivity index (χ0v) is 11.8. The van der Waals surface area contributed by atoms with Gasteiger partial charge in [0, 0.05) is 10.5 Å². The number of anilines is 2. The van der Waals surface area contributed by atoms with Gasteiger partial charge in [0.15, 0.2) is 0 Å². The predicted octanol–water partition coefficient (Wildman–Crippen LogP) is 1.81. The van der Waals surface area contributed by atoms with E-state index in [1.165, 1.54) is 6.07 Å². The van der Waals surface area contributed by atoms with E-state index >= 15 is 0 Å². The van der Waals surface area contributed by atoms with Crippen LogP contribution in [0.15, 0.2) is 32.3 Å². The van der Waals surface area contributed by atoms with Gasteiger partial charge in [0.1, 0.15) is 17.2 Å². The van der Waals surface area contributed by atoms with E-state index < -0.39 is 10.9 Å². The van der Waals surface area contributed by atoms with Gasteiger partial charge in [-0.05, 0) is 37.1 Å². The van der Waals surface area contributed by atoms with Gasteiger partial charge in [0.25, 0.3) is 10.9 Å². The number of nitrogens with two attached hydrogens (primary N) is 1. The summed E-state index contributed by atoms with van der Waals surface area (Å²) in [6.07, 6.45) is 0.378. The van der Waals surface area contributed by atoms with E-state index in [-0.39, 0.29) is 23.2 Å². The van der Waals surface area contributed by atoms with E-state index in [0.29, 0.717) is 12.0 Å². The van der Waals surface area contributed by atoms with E-state index in [1.807, 2.05) is 0 Å². The van der Waals surface area contributed by atoms with E-state index in [1.54, 1.807) is 19.1 Å². The molecule has 6 heteroatoms. The molecule has 0 spiro atoms. The third-order valence-electron chi connectivity index (χ3n) is 2.87. The molecular formula is C13H12BrFN2O2. The molecule has 0 bridgehead atoms. The molecule has 0 aliphatic heterocycles. The van der Waals surface area contributed by atoms with Crippen molar-refractivity contribution in [1.29, 1.82) is 0 Å². The Kier molecular flexibility index (Phi) is 3.71. The molecule has 0 fully saturated rings. The Morgan fingerprint density at radius 2 is 2.05 bits per heavy atom. The lowest BCUT2D eigenvalue weighted by Crippen LogP contribution is -2.39. The Morgan fingerprint density at radius 1 is 1.37 bits per heavy atom. The van der Waals surface area contributed by atoms with Crippen LogP contribution in [0.3, 0.4) is 0 Å². The van der Waals surface area contributed by atoms with Crippen molar-refractivity contribution in [1.82, 2.24) is 0 Å². The third kappa shape index (κ3) is 2.68. The number of hydrogen-bond donors (Lipinski definition) is 2. The van der Waals surface area contributed by atoms with Crippen molar-refractivity contribution in [2.24, 2.45) is 0 Å². The molecule has 0 aliphatic carbocycles. The minimum atomic E-state index is -0.664. The highest BCUT2D eigenvalue weighted by Gasteiger charge is 2.19. The molecule has 0 aliphatic rings. The second-order valence-corrected chi connectivity index (χ2v) is 5.35. The predicted molar refractivity (Wildman–Crippen MR) is 76.7 cm³/mol. The van der Waals surface area contributed by atoms with Gasteiger partial charge >= 0.3 is 0 Å². The zero-order valence-electron chi connectivity index (χ0n) is 10.2. The summed E-state index contributed by atoms with van der Waals surface area (Å²) in [7, 11) is 0. The molecule has 0 amide bonds. The summed E-state index contributed by atoms with van der Waals surface area (Å²) in [5.74, 6) is -0.310. The maximum Gasteiger partial charge on any atom is 0.253 e. The number of nitrogen functional groups attached to an aromatic ring is 1. The molecule has 2 rings (SSSR count). The van der Waals surface area contributed by atoms with Gasteiger partial charge in [-0.25, -0.2) is 4.39 Å². The van der Waals surface area contributed by atoms with Crippen molar-refractivity contribution in [3.63, 3.8) is 0 Å². The Morgan fingerprint density at radius 3 is 2.68 bits per heavy atom. The van der Waals surface area contributed by atoms with Crippen LogP contribution < -0.4 is 21.9 Å². The van der Waals surface area contributed by atoms with Crippen molar-refractivity contribution in [3.8, 4) is 0 Å². The summed E-state index contributed by atoms with van der Waals surface area (Å²) in [6.45, 7) is 1.79. The first-order valence-corrected chi connectivity index (χ1v) is 6.48. The molecule has 2 aromatic rings. The van der Waals surface area contributed by atoms with Gasteiger partial charge in [-0.15, -0.1) is 0 Å². The average Bonchev–Trinajstić information content (AvgIpc) is 2.39. The smallest absolute Gasteiger partial charge is 0.253 e. The van der Waals surface area contributed by atoms with Crippen LogP contribution in [0, 0.1) is 5.82 Å². The summed E-state index contributed by atoms with van der Waals surface area (Å²) in [5.41, 5.74) is 4.74. The summed E-state index contributed by atoms with van der Waals surface area (Å²) in [5, 5.41) is 2.84. The number of benzene rings is 1. The fraction of sp³-hybridized carbons (Fsp3) is 0.231. The van der Waals surface area contributed by atoms with Crippen LogP contribution in [0.5, 0.6) is 0 Å². The van der Waals surface area contributed by atoms with Gasteiger partial charge < -0.3 is 11.1 Å². The van der Waals surface area contributed by atoms with Gasteiger partial charge in [-0.2, -0.15) is 0 Å².